The molecule has 2 heterocycles. The molecule has 0 amide bonds. The van der Waals surface area contributed by atoms with Gasteiger partial charge in [-0.25, -0.2) is 4.98 Å². The van der Waals surface area contributed by atoms with Gasteiger partial charge in [-0.2, -0.15) is 4.98 Å². The molecule has 2 aromatic heterocycles. The SMILES string of the molecule is Cc1noc(CCNCc2sc(C)nc2C)n1. The summed E-state index contributed by atoms with van der Waals surface area (Å²) >= 11 is 1.74. The minimum atomic E-state index is 0.687. The molecule has 5 nitrogen and oxygen atoms in total. The molecule has 0 radical (unpaired) electrons. The van der Waals surface area contributed by atoms with Crippen molar-refractivity contribution >= 4 is 11.3 Å². The topological polar surface area (TPSA) is 63.8 Å². The average Bonchev–Trinajstić information content (AvgIpc) is 2.81. The maximum Gasteiger partial charge on any atom is 0.227 e. The van der Waals surface area contributed by atoms with E-state index in [2.05, 4.69) is 20.4 Å². The number of thiazole rings is 1. The quantitative estimate of drug-likeness (QED) is 0.822. The second kappa shape index (κ2) is 5.37. The molecule has 92 valence electrons. The molecular weight excluding hydrogens is 236 g/mol. The van der Waals surface area contributed by atoms with Crippen molar-refractivity contribution in [2.75, 3.05) is 6.54 Å². The maximum atomic E-state index is 5.03. The summed E-state index contributed by atoms with van der Waals surface area (Å²) in [5.74, 6) is 1.38. The summed E-state index contributed by atoms with van der Waals surface area (Å²) in [7, 11) is 0. The van der Waals surface area contributed by atoms with E-state index in [1.165, 1.54) is 4.88 Å². The predicted octanol–water partition coefficient (Wildman–Crippen LogP) is 1.78. The van der Waals surface area contributed by atoms with Crippen LogP contribution in [0.3, 0.4) is 0 Å². The van der Waals surface area contributed by atoms with Crippen molar-refractivity contribution in [2.45, 2.75) is 33.7 Å². The lowest BCUT2D eigenvalue weighted by Gasteiger charge is -2.00. The molecule has 0 spiro atoms. The Hall–Kier alpha value is -1.27. The van der Waals surface area contributed by atoms with Gasteiger partial charge in [0.05, 0.1) is 10.7 Å². The largest absolute Gasteiger partial charge is 0.339 e. The van der Waals surface area contributed by atoms with Gasteiger partial charge >= 0.3 is 0 Å². The summed E-state index contributed by atoms with van der Waals surface area (Å²) < 4.78 is 5.03. The molecule has 0 aromatic carbocycles. The highest BCUT2D eigenvalue weighted by molar-refractivity contribution is 7.11. The number of rotatable bonds is 5. The molecule has 0 fully saturated rings. The van der Waals surface area contributed by atoms with Gasteiger partial charge in [0.1, 0.15) is 0 Å². The van der Waals surface area contributed by atoms with E-state index in [1.807, 2.05) is 20.8 Å². The van der Waals surface area contributed by atoms with Crippen molar-refractivity contribution < 1.29 is 4.52 Å². The first-order valence-electron chi connectivity index (χ1n) is 5.58. The first-order valence-corrected chi connectivity index (χ1v) is 6.39. The molecule has 0 bridgehead atoms. The molecule has 0 saturated carbocycles. The lowest BCUT2D eigenvalue weighted by Crippen LogP contribution is -2.16. The third kappa shape index (κ3) is 3.34. The molecule has 2 rings (SSSR count). The second-order valence-electron chi connectivity index (χ2n) is 3.90. The van der Waals surface area contributed by atoms with Crippen molar-refractivity contribution in [3.05, 3.63) is 27.3 Å². The van der Waals surface area contributed by atoms with Gasteiger partial charge in [-0.1, -0.05) is 5.16 Å². The summed E-state index contributed by atoms with van der Waals surface area (Å²) in [6.07, 6.45) is 0.762. The molecule has 0 unspecified atom stereocenters. The van der Waals surface area contributed by atoms with Crippen molar-refractivity contribution in [3.63, 3.8) is 0 Å². The van der Waals surface area contributed by atoms with Crippen molar-refractivity contribution in [2.24, 2.45) is 0 Å². The van der Waals surface area contributed by atoms with E-state index in [0.717, 1.165) is 30.2 Å². The van der Waals surface area contributed by atoms with Crippen LogP contribution in [0.1, 0.15) is 27.3 Å². The molecule has 0 saturated heterocycles. The summed E-state index contributed by atoms with van der Waals surface area (Å²) in [6.45, 7) is 7.58. The van der Waals surface area contributed by atoms with Gasteiger partial charge in [-0.05, 0) is 20.8 Å². The monoisotopic (exact) mass is 252 g/mol. The summed E-state index contributed by atoms with van der Waals surface area (Å²) in [5, 5.41) is 8.22. The molecule has 0 aliphatic heterocycles. The highest BCUT2D eigenvalue weighted by Gasteiger charge is 2.05. The molecule has 2 aromatic rings. The average molecular weight is 252 g/mol. The molecule has 0 atom stereocenters. The fourth-order valence-corrected chi connectivity index (χ4v) is 2.48. The van der Waals surface area contributed by atoms with Gasteiger partial charge in [0.15, 0.2) is 5.82 Å². The van der Waals surface area contributed by atoms with E-state index in [1.54, 1.807) is 11.3 Å². The zero-order valence-electron chi connectivity index (χ0n) is 10.3. The van der Waals surface area contributed by atoms with E-state index < -0.39 is 0 Å². The minimum Gasteiger partial charge on any atom is -0.339 e. The summed E-state index contributed by atoms with van der Waals surface area (Å²) in [5.41, 5.74) is 1.12. The number of nitrogens with one attached hydrogen (secondary N) is 1. The third-order valence-corrected chi connectivity index (χ3v) is 3.44. The molecular formula is C11H16N4OS. The number of aryl methyl sites for hydroxylation is 3. The van der Waals surface area contributed by atoms with Gasteiger partial charge in [-0.3, -0.25) is 0 Å². The van der Waals surface area contributed by atoms with Crippen LogP contribution >= 0.6 is 11.3 Å². The lowest BCUT2D eigenvalue weighted by atomic mass is 10.3. The van der Waals surface area contributed by atoms with Crippen molar-refractivity contribution in [1.29, 1.82) is 0 Å². The summed E-state index contributed by atoms with van der Waals surface area (Å²) in [6, 6.07) is 0. The first kappa shape index (κ1) is 12.2. The molecule has 0 aliphatic carbocycles. The van der Waals surface area contributed by atoms with Gasteiger partial charge in [-0.15, -0.1) is 11.3 Å². The fourth-order valence-electron chi connectivity index (χ4n) is 1.58. The summed E-state index contributed by atoms with van der Waals surface area (Å²) in [4.78, 5) is 9.83. The van der Waals surface area contributed by atoms with E-state index in [9.17, 15) is 0 Å². The zero-order valence-corrected chi connectivity index (χ0v) is 11.1. The van der Waals surface area contributed by atoms with Gasteiger partial charge in [0.2, 0.25) is 5.89 Å². The van der Waals surface area contributed by atoms with Crippen molar-refractivity contribution in [1.82, 2.24) is 20.4 Å². The Bertz CT molecular complexity index is 491. The number of hydrogen-bond acceptors (Lipinski definition) is 6. The molecule has 0 aliphatic rings. The van der Waals surface area contributed by atoms with E-state index in [4.69, 9.17) is 4.52 Å². The normalized spacial score (nSPS) is 11.0. The van der Waals surface area contributed by atoms with Gasteiger partial charge in [0, 0.05) is 24.4 Å². The molecule has 1 N–H and O–H groups in total. The number of hydrogen-bond donors (Lipinski definition) is 1. The van der Waals surface area contributed by atoms with E-state index >= 15 is 0 Å². The Morgan fingerprint density at radius 2 is 2.06 bits per heavy atom. The number of nitrogens with zero attached hydrogens (tertiary/aromatic N) is 3. The standard InChI is InChI=1S/C11H16N4OS/c1-7-10(17-9(3)13-7)6-12-5-4-11-14-8(2)15-16-11/h12H,4-6H2,1-3H3. The molecule has 6 heteroatoms. The Balaban J connectivity index is 1.75. The van der Waals surface area contributed by atoms with E-state index in [-0.39, 0.29) is 0 Å². The smallest absolute Gasteiger partial charge is 0.227 e. The third-order valence-electron chi connectivity index (χ3n) is 2.37. The van der Waals surface area contributed by atoms with Crippen LogP contribution in [0.5, 0.6) is 0 Å². The van der Waals surface area contributed by atoms with Crippen LogP contribution in [0.25, 0.3) is 0 Å². The van der Waals surface area contributed by atoms with Crippen LogP contribution in [0.4, 0.5) is 0 Å². The predicted molar refractivity (Wildman–Crippen MR) is 66.0 cm³/mol. The fraction of sp³-hybridized carbons (Fsp3) is 0.545. The van der Waals surface area contributed by atoms with Crippen molar-refractivity contribution in [3.8, 4) is 0 Å². The van der Waals surface area contributed by atoms with Gasteiger partial charge in [0.25, 0.3) is 0 Å². The maximum absolute atomic E-state index is 5.03. The van der Waals surface area contributed by atoms with Crippen LogP contribution in [0.15, 0.2) is 4.52 Å². The lowest BCUT2D eigenvalue weighted by molar-refractivity contribution is 0.372. The van der Waals surface area contributed by atoms with Crippen LogP contribution in [-0.4, -0.2) is 21.7 Å². The second-order valence-corrected chi connectivity index (χ2v) is 5.19. The van der Waals surface area contributed by atoms with Crippen LogP contribution in [0.2, 0.25) is 0 Å². The highest BCUT2D eigenvalue weighted by Crippen LogP contribution is 2.16. The highest BCUT2D eigenvalue weighted by atomic mass is 32.1. The first-order chi connectivity index (χ1) is 8.15. The Kier molecular flexibility index (Phi) is 3.86. The van der Waals surface area contributed by atoms with Crippen LogP contribution in [-0.2, 0) is 13.0 Å². The number of aromatic nitrogens is 3. The Morgan fingerprint density at radius 3 is 2.65 bits per heavy atom. The van der Waals surface area contributed by atoms with E-state index in [0.29, 0.717) is 11.7 Å². The molecule has 17 heavy (non-hydrogen) atoms. The zero-order chi connectivity index (χ0) is 12.3. The Labute approximate surface area is 104 Å². The van der Waals surface area contributed by atoms with Gasteiger partial charge < -0.3 is 9.84 Å². The minimum absolute atomic E-state index is 0.687. The Morgan fingerprint density at radius 1 is 1.24 bits per heavy atom. The van der Waals surface area contributed by atoms with Crippen LogP contribution < -0.4 is 5.32 Å². The van der Waals surface area contributed by atoms with Crippen LogP contribution in [0, 0.1) is 20.8 Å².